The monoisotopic (exact) mass is 307 g/mol. The average molecular weight is 307 g/mol. The molecular formula is C14H21N5O3. The molecule has 0 spiro atoms. The van der Waals surface area contributed by atoms with Gasteiger partial charge in [-0.2, -0.15) is 5.10 Å². The average Bonchev–Trinajstić information content (AvgIpc) is 2.96. The van der Waals surface area contributed by atoms with Gasteiger partial charge in [0.25, 0.3) is 0 Å². The molecule has 0 saturated carbocycles. The van der Waals surface area contributed by atoms with Crippen LogP contribution in [0.3, 0.4) is 0 Å². The lowest BCUT2D eigenvalue weighted by Gasteiger charge is -2.19. The largest absolute Gasteiger partial charge is 0.443 e. The third kappa shape index (κ3) is 4.24. The normalized spacial score (nSPS) is 11.3. The summed E-state index contributed by atoms with van der Waals surface area (Å²) in [5.74, 6) is 0.773. The van der Waals surface area contributed by atoms with Gasteiger partial charge in [0, 0.05) is 5.56 Å². The lowest BCUT2D eigenvalue weighted by molar-refractivity contribution is 0.0541. The number of nitrogens with one attached hydrogen (secondary N) is 2. The summed E-state index contributed by atoms with van der Waals surface area (Å²) in [6.07, 6.45) is 2.82. The van der Waals surface area contributed by atoms with E-state index in [0.29, 0.717) is 12.2 Å². The Kier molecular flexibility index (Phi) is 4.39. The first kappa shape index (κ1) is 15.9. The van der Waals surface area contributed by atoms with Gasteiger partial charge in [-0.25, -0.2) is 10.2 Å². The van der Waals surface area contributed by atoms with Gasteiger partial charge in [0.1, 0.15) is 11.4 Å². The van der Waals surface area contributed by atoms with E-state index in [1.165, 1.54) is 0 Å². The van der Waals surface area contributed by atoms with Crippen molar-refractivity contribution in [2.24, 2.45) is 0 Å². The van der Waals surface area contributed by atoms with Crippen LogP contribution in [0.1, 0.15) is 37.8 Å². The van der Waals surface area contributed by atoms with Crippen molar-refractivity contribution in [3.8, 4) is 0 Å². The maximum atomic E-state index is 11.5. The molecule has 2 rings (SSSR count). The summed E-state index contributed by atoms with van der Waals surface area (Å²) >= 11 is 0. The number of aromatic nitrogens is 3. The summed E-state index contributed by atoms with van der Waals surface area (Å²) in [6, 6.07) is 0. The van der Waals surface area contributed by atoms with Gasteiger partial charge >= 0.3 is 6.09 Å². The lowest BCUT2D eigenvalue weighted by atomic mass is 10.2. The highest BCUT2D eigenvalue weighted by Crippen LogP contribution is 2.14. The number of amides is 1. The smallest absolute Gasteiger partial charge is 0.426 e. The van der Waals surface area contributed by atoms with E-state index in [1.807, 2.05) is 13.8 Å². The van der Waals surface area contributed by atoms with E-state index >= 15 is 0 Å². The van der Waals surface area contributed by atoms with Crippen molar-refractivity contribution >= 4 is 11.8 Å². The predicted molar refractivity (Wildman–Crippen MR) is 80.3 cm³/mol. The molecule has 0 fully saturated rings. The van der Waals surface area contributed by atoms with Crippen LogP contribution in [-0.2, 0) is 11.3 Å². The maximum Gasteiger partial charge on any atom is 0.426 e. The van der Waals surface area contributed by atoms with Gasteiger partial charge in [0.2, 0.25) is 0 Å². The molecule has 8 heteroatoms. The van der Waals surface area contributed by atoms with Gasteiger partial charge in [0.15, 0.2) is 0 Å². The summed E-state index contributed by atoms with van der Waals surface area (Å²) < 4.78 is 12.0. The zero-order valence-corrected chi connectivity index (χ0v) is 13.4. The molecular weight excluding hydrogens is 286 g/mol. The topological polar surface area (TPSA) is 94.2 Å². The minimum atomic E-state index is -0.550. The van der Waals surface area contributed by atoms with Crippen LogP contribution >= 0.6 is 0 Å². The molecule has 120 valence electrons. The van der Waals surface area contributed by atoms with Crippen LogP contribution in [-0.4, -0.2) is 26.6 Å². The predicted octanol–water partition coefficient (Wildman–Crippen LogP) is 2.39. The van der Waals surface area contributed by atoms with Crippen molar-refractivity contribution in [1.82, 2.24) is 20.4 Å². The summed E-state index contributed by atoms with van der Waals surface area (Å²) in [4.78, 5) is 11.5. The maximum absolute atomic E-state index is 11.5. The number of ether oxygens (including phenoxy) is 1. The molecule has 2 N–H and O–H groups in total. The van der Waals surface area contributed by atoms with E-state index in [1.54, 1.807) is 37.8 Å². The van der Waals surface area contributed by atoms with Gasteiger partial charge < -0.3 is 9.26 Å². The van der Waals surface area contributed by atoms with Crippen LogP contribution in [0.5, 0.6) is 0 Å². The van der Waals surface area contributed by atoms with E-state index in [0.717, 1.165) is 17.0 Å². The van der Waals surface area contributed by atoms with Crippen LogP contribution in [0.2, 0.25) is 0 Å². The molecule has 0 saturated heterocycles. The Labute approximate surface area is 128 Å². The first-order valence-electron chi connectivity index (χ1n) is 6.94. The molecule has 0 unspecified atom stereocenters. The molecule has 22 heavy (non-hydrogen) atoms. The number of hydrazine groups is 1. The van der Waals surface area contributed by atoms with Crippen LogP contribution in [0, 0.1) is 13.8 Å². The Bertz CT molecular complexity index is 634. The minimum Gasteiger partial charge on any atom is -0.443 e. The fourth-order valence-electron chi connectivity index (χ4n) is 1.83. The van der Waals surface area contributed by atoms with E-state index in [-0.39, 0.29) is 0 Å². The molecule has 8 nitrogen and oxygen atoms in total. The molecule has 0 aromatic carbocycles. The molecule has 1 amide bonds. The molecule has 2 aromatic heterocycles. The van der Waals surface area contributed by atoms with E-state index in [4.69, 9.17) is 9.26 Å². The quantitative estimate of drug-likeness (QED) is 0.842. The minimum absolute atomic E-state index is 0.542. The van der Waals surface area contributed by atoms with E-state index in [2.05, 4.69) is 21.1 Å². The van der Waals surface area contributed by atoms with Crippen molar-refractivity contribution < 1.29 is 14.1 Å². The van der Waals surface area contributed by atoms with Crippen LogP contribution in [0.25, 0.3) is 0 Å². The third-order valence-corrected chi connectivity index (χ3v) is 2.84. The number of nitrogens with zero attached hydrogens (tertiary/aromatic N) is 3. The molecule has 0 bridgehead atoms. The molecule has 0 atom stereocenters. The molecule has 2 heterocycles. The van der Waals surface area contributed by atoms with Crippen molar-refractivity contribution in [3.05, 3.63) is 29.4 Å². The molecule has 0 aliphatic rings. The second kappa shape index (κ2) is 6.08. The standard InChI is InChI=1S/C14H21N5O3/c1-9-12(10(2)22-18-9)8-19-7-11(6-15-19)16-17-13(20)21-14(3,4)5/h6-7,16H,8H2,1-5H3,(H,17,20). The first-order chi connectivity index (χ1) is 10.2. The van der Waals surface area contributed by atoms with Gasteiger partial charge in [0.05, 0.1) is 30.3 Å². The summed E-state index contributed by atoms with van der Waals surface area (Å²) in [6.45, 7) is 9.70. The second-order valence-corrected chi connectivity index (χ2v) is 5.98. The molecule has 2 aromatic rings. The summed E-state index contributed by atoms with van der Waals surface area (Å²) in [5, 5.41) is 8.13. The van der Waals surface area contributed by atoms with Crippen molar-refractivity contribution in [2.75, 3.05) is 5.43 Å². The number of rotatable bonds is 4. The number of hydrogen-bond donors (Lipinski definition) is 2. The van der Waals surface area contributed by atoms with Gasteiger partial charge in [-0.3, -0.25) is 10.1 Å². The number of hydrogen-bond acceptors (Lipinski definition) is 6. The highest BCUT2D eigenvalue weighted by atomic mass is 16.6. The van der Waals surface area contributed by atoms with E-state index in [9.17, 15) is 4.79 Å². The number of aryl methyl sites for hydroxylation is 2. The van der Waals surface area contributed by atoms with Gasteiger partial charge in [-0.15, -0.1) is 0 Å². The molecule has 0 aliphatic carbocycles. The van der Waals surface area contributed by atoms with Gasteiger partial charge in [-0.05, 0) is 34.6 Å². The fraction of sp³-hybridized carbons (Fsp3) is 0.500. The molecule has 0 radical (unpaired) electrons. The van der Waals surface area contributed by atoms with Crippen molar-refractivity contribution in [3.63, 3.8) is 0 Å². The Hall–Kier alpha value is -2.51. The Morgan fingerprint density at radius 1 is 1.41 bits per heavy atom. The zero-order valence-electron chi connectivity index (χ0n) is 13.4. The van der Waals surface area contributed by atoms with Crippen molar-refractivity contribution in [2.45, 2.75) is 46.8 Å². The lowest BCUT2D eigenvalue weighted by Crippen LogP contribution is -2.35. The number of carbonyl (C=O) groups excluding carboxylic acids is 1. The van der Waals surface area contributed by atoms with Gasteiger partial charge in [-0.1, -0.05) is 5.16 Å². The Morgan fingerprint density at radius 2 is 2.14 bits per heavy atom. The van der Waals surface area contributed by atoms with Crippen LogP contribution in [0.15, 0.2) is 16.9 Å². The number of carbonyl (C=O) groups is 1. The highest BCUT2D eigenvalue weighted by molar-refractivity contribution is 5.69. The van der Waals surface area contributed by atoms with Crippen molar-refractivity contribution in [1.29, 1.82) is 0 Å². The number of anilines is 1. The van der Waals surface area contributed by atoms with Crippen LogP contribution < -0.4 is 10.9 Å². The van der Waals surface area contributed by atoms with Crippen LogP contribution in [0.4, 0.5) is 10.5 Å². The fourth-order valence-corrected chi connectivity index (χ4v) is 1.83. The SMILES string of the molecule is Cc1noc(C)c1Cn1cc(NNC(=O)OC(C)(C)C)cn1. The first-order valence-corrected chi connectivity index (χ1v) is 6.94. The summed E-state index contributed by atoms with van der Waals surface area (Å²) in [7, 11) is 0. The highest BCUT2D eigenvalue weighted by Gasteiger charge is 2.16. The Morgan fingerprint density at radius 3 is 2.73 bits per heavy atom. The third-order valence-electron chi connectivity index (χ3n) is 2.84. The zero-order chi connectivity index (χ0) is 16.3. The Balaban J connectivity index is 1.91. The second-order valence-electron chi connectivity index (χ2n) is 5.98. The molecule has 0 aliphatic heterocycles. The summed E-state index contributed by atoms with van der Waals surface area (Å²) in [5.41, 5.74) is 7.15. The van der Waals surface area contributed by atoms with E-state index < -0.39 is 11.7 Å².